The Morgan fingerprint density at radius 1 is 1.27 bits per heavy atom. The van der Waals surface area contributed by atoms with E-state index in [-0.39, 0.29) is 35.7 Å². The summed E-state index contributed by atoms with van der Waals surface area (Å²) in [6, 6.07) is 4.28. The van der Waals surface area contributed by atoms with Crippen molar-refractivity contribution in [2.45, 2.75) is 26.1 Å². The van der Waals surface area contributed by atoms with Crippen LogP contribution in [-0.4, -0.2) is 45.3 Å². The maximum Gasteiger partial charge on any atom is 0.335 e. The van der Waals surface area contributed by atoms with Crippen LogP contribution in [0.25, 0.3) is 0 Å². The molecule has 26 heavy (non-hydrogen) atoms. The molecule has 1 aliphatic heterocycles. The number of aliphatic carboxylic acids is 1. The Bertz CT molecular complexity index is 750. The average molecular weight is 364 g/mol. The Balaban J connectivity index is 1.96. The average Bonchev–Trinajstić information content (AvgIpc) is 2.58. The number of rotatable bonds is 6. The molecule has 8 heteroatoms. The summed E-state index contributed by atoms with van der Waals surface area (Å²) in [4.78, 5) is 23.4. The van der Waals surface area contributed by atoms with Crippen molar-refractivity contribution in [2.24, 2.45) is 5.92 Å². The molecular formula is C18H20O8. The number of aliphatic hydroxyl groups excluding tert-OH is 1. The van der Waals surface area contributed by atoms with E-state index in [1.165, 1.54) is 18.2 Å². The largest absolute Gasteiger partial charge is 0.504 e. The Kier molecular flexibility index (Phi) is 6.24. The summed E-state index contributed by atoms with van der Waals surface area (Å²) in [5.41, 5.74) is 0.809. The van der Waals surface area contributed by atoms with Crippen LogP contribution in [0.1, 0.15) is 18.9 Å². The van der Waals surface area contributed by atoms with Gasteiger partial charge in [-0.3, -0.25) is 4.79 Å². The summed E-state index contributed by atoms with van der Waals surface area (Å²) in [7, 11) is 0. The van der Waals surface area contributed by atoms with Gasteiger partial charge < -0.3 is 29.9 Å². The number of allylic oxidation sites excluding steroid dienone is 1. The minimum atomic E-state index is -1.30. The number of benzene rings is 1. The first-order valence-electron chi connectivity index (χ1n) is 7.93. The van der Waals surface area contributed by atoms with E-state index >= 15 is 0 Å². The number of carboxylic acid groups (broad SMARTS) is 1. The van der Waals surface area contributed by atoms with Gasteiger partial charge in [0.25, 0.3) is 0 Å². The first-order chi connectivity index (χ1) is 12.3. The number of aromatic hydroxyl groups is 2. The standard InChI is InChI=1S/C18H20O8/c1-2-11-12(13(17(22)23)9-26-18(11)24)8-16(21)25-6-5-10-3-4-14(19)15(20)7-10/h2-4,7,9,12,18-20,24H,5-6,8H2,1H3,(H,22,23)/b11-2-. The summed E-state index contributed by atoms with van der Waals surface area (Å²) in [6.07, 6.45) is 1.21. The molecule has 2 rings (SSSR count). The van der Waals surface area contributed by atoms with E-state index in [9.17, 15) is 30.0 Å². The third kappa shape index (κ3) is 4.54. The predicted molar refractivity (Wildman–Crippen MR) is 89.1 cm³/mol. The molecular weight excluding hydrogens is 344 g/mol. The van der Waals surface area contributed by atoms with Crippen LogP contribution in [-0.2, 0) is 25.5 Å². The van der Waals surface area contributed by atoms with Gasteiger partial charge in [-0.05, 0) is 24.6 Å². The van der Waals surface area contributed by atoms with Crippen LogP contribution in [0.4, 0.5) is 0 Å². The molecule has 0 saturated carbocycles. The molecule has 1 aromatic carbocycles. The molecule has 0 bridgehead atoms. The normalized spacial score (nSPS) is 21.0. The summed E-state index contributed by atoms with van der Waals surface area (Å²) in [5.74, 6) is -3.21. The topological polar surface area (TPSA) is 134 Å². The summed E-state index contributed by atoms with van der Waals surface area (Å²) in [5, 5.41) is 37.7. The van der Waals surface area contributed by atoms with Gasteiger partial charge in [-0.2, -0.15) is 0 Å². The number of esters is 1. The maximum atomic E-state index is 12.1. The molecule has 0 amide bonds. The molecule has 1 aromatic rings. The lowest BCUT2D eigenvalue weighted by atomic mass is 9.86. The molecule has 1 aliphatic rings. The van der Waals surface area contributed by atoms with Crippen LogP contribution < -0.4 is 0 Å². The minimum Gasteiger partial charge on any atom is -0.504 e. The molecule has 2 atom stereocenters. The van der Waals surface area contributed by atoms with Gasteiger partial charge in [-0.1, -0.05) is 12.1 Å². The number of carbonyl (C=O) groups excluding carboxylic acids is 1. The minimum absolute atomic E-state index is 0.0200. The van der Waals surface area contributed by atoms with E-state index in [0.29, 0.717) is 12.0 Å². The van der Waals surface area contributed by atoms with Gasteiger partial charge in [-0.25, -0.2) is 4.79 Å². The van der Waals surface area contributed by atoms with Crippen molar-refractivity contribution in [1.29, 1.82) is 0 Å². The lowest BCUT2D eigenvalue weighted by Crippen LogP contribution is -2.30. The van der Waals surface area contributed by atoms with Crippen molar-refractivity contribution in [3.05, 3.63) is 47.2 Å². The quantitative estimate of drug-likeness (QED) is 0.339. The summed E-state index contributed by atoms with van der Waals surface area (Å²) >= 11 is 0. The lowest BCUT2D eigenvalue weighted by Gasteiger charge is -2.28. The fourth-order valence-corrected chi connectivity index (χ4v) is 2.65. The fourth-order valence-electron chi connectivity index (χ4n) is 2.65. The maximum absolute atomic E-state index is 12.1. The van der Waals surface area contributed by atoms with Gasteiger partial charge in [-0.15, -0.1) is 0 Å². The molecule has 0 aromatic heterocycles. The lowest BCUT2D eigenvalue weighted by molar-refractivity contribution is -0.144. The summed E-state index contributed by atoms with van der Waals surface area (Å²) < 4.78 is 10.00. The van der Waals surface area contributed by atoms with Crippen LogP contribution in [0, 0.1) is 5.92 Å². The molecule has 4 N–H and O–H groups in total. The second kappa shape index (κ2) is 8.39. The molecule has 0 saturated heterocycles. The molecule has 2 unspecified atom stereocenters. The van der Waals surface area contributed by atoms with Gasteiger partial charge >= 0.3 is 11.9 Å². The van der Waals surface area contributed by atoms with Crippen molar-refractivity contribution in [3.63, 3.8) is 0 Å². The third-order valence-electron chi connectivity index (χ3n) is 4.03. The smallest absolute Gasteiger partial charge is 0.335 e. The second-order valence-corrected chi connectivity index (χ2v) is 5.71. The molecule has 1 heterocycles. The van der Waals surface area contributed by atoms with Gasteiger partial charge in [0.1, 0.15) is 0 Å². The zero-order valence-corrected chi connectivity index (χ0v) is 14.1. The van der Waals surface area contributed by atoms with Gasteiger partial charge in [0.15, 0.2) is 11.5 Å². The first kappa shape index (κ1) is 19.3. The van der Waals surface area contributed by atoms with E-state index in [1.807, 2.05) is 0 Å². The van der Waals surface area contributed by atoms with E-state index in [4.69, 9.17) is 9.47 Å². The Labute approximate surface area is 149 Å². The Morgan fingerprint density at radius 3 is 2.62 bits per heavy atom. The predicted octanol–water partition coefficient (Wildman–Crippen LogP) is 1.45. The first-order valence-corrected chi connectivity index (χ1v) is 7.93. The highest BCUT2D eigenvalue weighted by Gasteiger charge is 2.35. The van der Waals surface area contributed by atoms with Crippen LogP contribution in [0.5, 0.6) is 11.5 Å². The summed E-state index contributed by atoms with van der Waals surface area (Å²) in [6.45, 7) is 1.63. The molecule has 0 aliphatic carbocycles. The zero-order chi connectivity index (χ0) is 19.3. The molecule has 0 spiro atoms. The Morgan fingerprint density at radius 2 is 2.00 bits per heavy atom. The number of hydrogen-bond donors (Lipinski definition) is 4. The highest BCUT2D eigenvalue weighted by atomic mass is 16.6. The molecule has 8 nitrogen and oxygen atoms in total. The van der Waals surface area contributed by atoms with E-state index in [0.717, 1.165) is 6.26 Å². The van der Waals surface area contributed by atoms with E-state index in [2.05, 4.69) is 0 Å². The van der Waals surface area contributed by atoms with Crippen LogP contribution in [0.15, 0.2) is 41.7 Å². The SMILES string of the molecule is C/C=C1\C(O)OC=C(C(=O)O)C1CC(=O)OCCc1ccc(O)c(O)c1. The highest BCUT2D eigenvalue weighted by Crippen LogP contribution is 2.32. The van der Waals surface area contributed by atoms with E-state index < -0.39 is 24.1 Å². The van der Waals surface area contributed by atoms with Crippen LogP contribution in [0.3, 0.4) is 0 Å². The van der Waals surface area contributed by atoms with Crippen molar-refractivity contribution in [2.75, 3.05) is 6.61 Å². The second-order valence-electron chi connectivity index (χ2n) is 5.71. The number of carbonyl (C=O) groups is 2. The zero-order valence-electron chi connectivity index (χ0n) is 14.1. The van der Waals surface area contributed by atoms with Gasteiger partial charge in [0, 0.05) is 17.9 Å². The van der Waals surface area contributed by atoms with Crippen molar-refractivity contribution >= 4 is 11.9 Å². The van der Waals surface area contributed by atoms with Gasteiger partial charge in [0.2, 0.25) is 6.29 Å². The van der Waals surface area contributed by atoms with E-state index in [1.54, 1.807) is 13.0 Å². The fraction of sp³-hybridized carbons (Fsp3) is 0.333. The van der Waals surface area contributed by atoms with Crippen molar-refractivity contribution in [3.8, 4) is 11.5 Å². The number of phenolic OH excluding ortho intramolecular Hbond substituents is 2. The number of aliphatic hydroxyl groups is 1. The Hall–Kier alpha value is -3.00. The van der Waals surface area contributed by atoms with Crippen molar-refractivity contribution < 1.29 is 39.5 Å². The monoisotopic (exact) mass is 364 g/mol. The van der Waals surface area contributed by atoms with Gasteiger partial charge in [0.05, 0.1) is 24.9 Å². The molecule has 0 fully saturated rings. The third-order valence-corrected chi connectivity index (χ3v) is 4.03. The van der Waals surface area contributed by atoms with Crippen molar-refractivity contribution in [1.82, 2.24) is 0 Å². The number of hydrogen-bond acceptors (Lipinski definition) is 7. The number of carboxylic acids is 1. The number of phenols is 2. The van der Waals surface area contributed by atoms with Crippen LogP contribution in [0.2, 0.25) is 0 Å². The molecule has 140 valence electrons. The molecule has 0 radical (unpaired) electrons. The number of ether oxygens (including phenoxy) is 2. The van der Waals surface area contributed by atoms with Crippen LogP contribution >= 0.6 is 0 Å². The highest BCUT2D eigenvalue weighted by molar-refractivity contribution is 5.89.